The fraction of sp³-hybridized carbons (Fsp3) is 0.0714. The van der Waals surface area contributed by atoms with Crippen LogP contribution in [0.4, 0.5) is 11.4 Å². The topological polar surface area (TPSA) is 16.4 Å². The van der Waals surface area contributed by atoms with Gasteiger partial charge < -0.3 is 5.32 Å². The molecule has 7 aromatic rings. The average molecular weight is 561 g/mol. The first kappa shape index (κ1) is 24.9. The Hall–Kier alpha value is -5.65. The summed E-state index contributed by atoms with van der Waals surface area (Å²) in [6.45, 7) is 7.46. The number of allylic oxidation sites excluding steroid dienone is 1. The molecule has 0 amide bonds. The van der Waals surface area contributed by atoms with Gasteiger partial charge in [-0.15, -0.1) is 0 Å². The zero-order valence-electron chi connectivity index (χ0n) is 24.1. The molecule has 0 saturated heterocycles. The molecule has 2 nitrogen and oxygen atoms in total. The van der Waals surface area contributed by atoms with Crippen LogP contribution < -0.4 is 5.32 Å². The predicted molar refractivity (Wildman–Crippen MR) is 185 cm³/mol. The molecule has 1 unspecified atom stereocenters. The average Bonchev–Trinajstić information content (AvgIpc) is 3.10. The highest BCUT2D eigenvalue weighted by Crippen LogP contribution is 2.52. The van der Waals surface area contributed by atoms with Crippen molar-refractivity contribution in [2.24, 2.45) is 0 Å². The van der Waals surface area contributed by atoms with E-state index in [9.17, 15) is 0 Å². The Morgan fingerprint density at radius 3 is 2.05 bits per heavy atom. The normalized spacial score (nSPS) is 14.9. The first-order valence-electron chi connectivity index (χ1n) is 15.3. The molecular formula is C42H28N2. The van der Waals surface area contributed by atoms with Crippen LogP contribution in [0.15, 0.2) is 127 Å². The van der Waals surface area contributed by atoms with Crippen LogP contribution in [-0.2, 0) is 6.42 Å². The Kier molecular flexibility index (Phi) is 5.49. The van der Waals surface area contributed by atoms with Crippen LogP contribution in [0.25, 0.3) is 65.5 Å². The van der Waals surface area contributed by atoms with Crippen molar-refractivity contribution in [3.63, 3.8) is 0 Å². The fourth-order valence-electron chi connectivity index (χ4n) is 7.67. The van der Waals surface area contributed by atoms with Crippen molar-refractivity contribution < 1.29 is 0 Å². The molecule has 2 heteroatoms. The number of nitrogens with zero attached hydrogens (tertiary/aromatic N) is 1. The van der Waals surface area contributed by atoms with Crippen LogP contribution >= 0.6 is 0 Å². The summed E-state index contributed by atoms with van der Waals surface area (Å²) in [6.07, 6.45) is 6.68. The van der Waals surface area contributed by atoms with Gasteiger partial charge >= 0.3 is 0 Å². The summed E-state index contributed by atoms with van der Waals surface area (Å²) in [4.78, 5) is 3.63. The molecule has 1 N–H and O–H groups in total. The van der Waals surface area contributed by atoms with Crippen molar-refractivity contribution in [3.8, 4) is 22.3 Å². The highest BCUT2D eigenvalue weighted by Gasteiger charge is 2.32. The Morgan fingerprint density at radius 2 is 1.32 bits per heavy atom. The maximum absolute atomic E-state index is 7.46. The van der Waals surface area contributed by atoms with E-state index in [1.807, 2.05) is 12.1 Å². The molecule has 7 aromatic carbocycles. The lowest BCUT2D eigenvalue weighted by Gasteiger charge is -2.35. The summed E-state index contributed by atoms with van der Waals surface area (Å²) in [5, 5.41) is 11.7. The second kappa shape index (κ2) is 9.69. The minimum absolute atomic E-state index is 0.0344. The second-order valence-electron chi connectivity index (χ2n) is 11.9. The van der Waals surface area contributed by atoms with Gasteiger partial charge in [0.25, 0.3) is 0 Å². The highest BCUT2D eigenvalue weighted by atomic mass is 14.9. The molecule has 9 rings (SSSR count). The zero-order valence-corrected chi connectivity index (χ0v) is 24.1. The van der Waals surface area contributed by atoms with Gasteiger partial charge in [-0.25, -0.2) is 4.85 Å². The monoisotopic (exact) mass is 560 g/mol. The zero-order chi connectivity index (χ0) is 29.2. The second-order valence-corrected chi connectivity index (χ2v) is 11.9. The molecule has 0 fully saturated rings. The molecule has 0 saturated carbocycles. The van der Waals surface area contributed by atoms with E-state index in [2.05, 4.69) is 132 Å². The van der Waals surface area contributed by atoms with Crippen molar-refractivity contribution in [2.75, 3.05) is 5.32 Å². The van der Waals surface area contributed by atoms with Crippen LogP contribution in [0.3, 0.4) is 0 Å². The SMILES string of the molecule is [C-]#[N+]c1ccc(-c2c3ccccc3c(C3Nc4c(ccc5c4CCC=C5)-c4c3ccc3ccccc43)c3ccccc23)cc1. The van der Waals surface area contributed by atoms with Gasteiger partial charge in [0.2, 0.25) is 0 Å². The van der Waals surface area contributed by atoms with E-state index in [0.29, 0.717) is 5.69 Å². The summed E-state index contributed by atoms with van der Waals surface area (Å²) in [7, 11) is 0. The van der Waals surface area contributed by atoms with Crippen molar-refractivity contribution in [3.05, 3.63) is 161 Å². The molecule has 1 heterocycles. The smallest absolute Gasteiger partial charge is 0.187 e. The number of hydrogen-bond donors (Lipinski definition) is 1. The van der Waals surface area contributed by atoms with E-state index >= 15 is 0 Å². The van der Waals surface area contributed by atoms with E-state index in [4.69, 9.17) is 6.57 Å². The number of fused-ring (bicyclic) bond motifs is 9. The molecule has 2 aliphatic rings. The lowest BCUT2D eigenvalue weighted by atomic mass is 9.78. The third-order valence-corrected chi connectivity index (χ3v) is 9.58. The van der Waals surface area contributed by atoms with E-state index < -0.39 is 0 Å². The van der Waals surface area contributed by atoms with Crippen molar-refractivity contribution >= 4 is 49.8 Å². The molecule has 44 heavy (non-hydrogen) atoms. The van der Waals surface area contributed by atoms with Gasteiger partial charge in [0.05, 0.1) is 12.6 Å². The first-order chi connectivity index (χ1) is 21.8. The molecule has 0 aromatic heterocycles. The van der Waals surface area contributed by atoms with Crippen molar-refractivity contribution in [1.29, 1.82) is 0 Å². The summed E-state index contributed by atoms with van der Waals surface area (Å²) in [5.41, 5.74) is 12.3. The molecule has 1 aliphatic carbocycles. The number of anilines is 1. The lowest BCUT2D eigenvalue weighted by Crippen LogP contribution is -2.21. The van der Waals surface area contributed by atoms with Crippen LogP contribution in [0.2, 0.25) is 0 Å². The van der Waals surface area contributed by atoms with Crippen LogP contribution in [0.1, 0.15) is 34.7 Å². The molecular weight excluding hydrogens is 532 g/mol. The summed E-state index contributed by atoms with van der Waals surface area (Å²) >= 11 is 0. The minimum Gasteiger partial charge on any atom is -0.373 e. The highest BCUT2D eigenvalue weighted by molar-refractivity contribution is 6.16. The van der Waals surface area contributed by atoms with E-state index in [1.165, 1.54) is 76.9 Å². The van der Waals surface area contributed by atoms with Gasteiger partial charge in [0.15, 0.2) is 5.69 Å². The Morgan fingerprint density at radius 1 is 0.636 bits per heavy atom. The van der Waals surface area contributed by atoms with Gasteiger partial charge in [-0.3, -0.25) is 0 Å². The van der Waals surface area contributed by atoms with Crippen LogP contribution in [-0.4, -0.2) is 0 Å². The molecule has 1 atom stereocenters. The van der Waals surface area contributed by atoms with Gasteiger partial charge in [0.1, 0.15) is 0 Å². The van der Waals surface area contributed by atoms with E-state index in [1.54, 1.807) is 0 Å². The third kappa shape index (κ3) is 3.60. The van der Waals surface area contributed by atoms with Gasteiger partial charge in [-0.1, -0.05) is 133 Å². The van der Waals surface area contributed by atoms with Gasteiger partial charge in [-0.2, -0.15) is 0 Å². The summed E-state index contributed by atoms with van der Waals surface area (Å²) in [6, 6.07) is 43.8. The number of hydrogen-bond acceptors (Lipinski definition) is 1. The molecule has 206 valence electrons. The fourth-order valence-corrected chi connectivity index (χ4v) is 7.67. The third-order valence-electron chi connectivity index (χ3n) is 9.58. The summed E-state index contributed by atoms with van der Waals surface area (Å²) in [5.74, 6) is 0. The predicted octanol–water partition coefficient (Wildman–Crippen LogP) is 11.5. The maximum Gasteiger partial charge on any atom is 0.187 e. The van der Waals surface area contributed by atoms with Crippen LogP contribution in [0, 0.1) is 6.57 Å². The molecule has 0 bridgehead atoms. The quantitative estimate of drug-likeness (QED) is 0.164. The Labute approximate surface area is 256 Å². The summed E-state index contributed by atoms with van der Waals surface area (Å²) < 4.78 is 0. The maximum atomic E-state index is 7.46. The Bertz CT molecular complexity index is 2310. The van der Waals surface area contributed by atoms with Gasteiger partial charge in [0, 0.05) is 11.3 Å². The molecule has 0 radical (unpaired) electrons. The minimum atomic E-state index is -0.0344. The van der Waals surface area contributed by atoms with Crippen molar-refractivity contribution in [1.82, 2.24) is 0 Å². The van der Waals surface area contributed by atoms with Gasteiger partial charge in [-0.05, 0) is 84.1 Å². The standard InChI is InChI=1S/C42H28N2/c1-43-29-22-18-28(19-23-29)38-32-14-6-8-16-34(32)40(35-17-9-7-15-33(35)38)42-37-25-20-26-10-2-4-12-30(26)39(37)36-24-21-27-11-3-5-13-31(27)41(36)44-42/h2-4,6-12,14-25,42,44H,5,13H2. The lowest BCUT2D eigenvalue weighted by molar-refractivity contribution is 0.924. The molecule has 0 spiro atoms. The Balaban J connectivity index is 1.39. The van der Waals surface area contributed by atoms with Crippen LogP contribution in [0.5, 0.6) is 0 Å². The van der Waals surface area contributed by atoms with E-state index in [0.717, 1.165) is 18.4 Å². The first-order valence-corrected chi connectivity index (χ1v) is 15.3. The number of rotatable bonds is 2. The number of benzene rings is 7. The largest absolute Gasteiger partial charge is 0.373 e. The van der Waals surface area contributed by atoms with E-state index in [-0.39, 0.29) is 6.04 Å². The molecule has 1 aliphatic heterocycles. The van der Waals surface area contributed by atoms with Crippen molar-refractivity contribution in [2.45, 2.75) is 18.9 Å². The number of nitrogens with one attached hydrogen (secondary N) is 1.